The van der Waals surface area contributed by atoms with Crippen LogP contribution < -0.4 is 9.64 Å². The maximum absolute atomic E-state index is 13.9. The van der Waals surface area contributed by atoms with Crippen LogP contribution >= 0.6 is 0 Å². The Morgan fingerprint density at radius 3 is 2.13 bits per heavy atom. The van der Waals surface area contributed by atoms with Crippen molar-refractivity contribution in [2.45, 2.75) is 55.7 Å². The molecule has 4 aromatic rings. The highest BCUT2D eigenvalue weighted by Crippen LogP contribution is 2.49. The molecule has 0 aliphatic carbocycles. The van der Waals surface area contributed by atoms with Crippen LogP contribution in [-0.4, -0.2) is 68.8 Å². The first-order chi connectivity index (χ1) is 22.6. The molecule has 6 rings (SSSR count). The van der Waals surface area contributed by atoms with Crippen LogP contribution in [0.2, 0.25) is 0 Å². The minimum Gasteiger partial charge on any atom is -0.490 e. The molecule has 0 saturated carbocycles. The largest absolute Gasteiger partial charge is 0.490 e. The van der Waals surface area contributed by atoms with Gasteiger partial charge >= 0.3 is 0 Å². The van der Waals surface area contributed by atoms with Crippen molar-refractivity contribution in [1.29, 1.82) is 0 Å². The van der Waals surface area contributed by atoms with Crippen LogP contribution in [0.25, 0.3) is 11.1 Å². The number of hydrogen-bond acceptors (Lipinski definition) is 8. The van der Waals surface area contributed by atoms with Crippen molar-refractivity contribution in [3.8, 4) is 16.9 Å². The average molecular weight is 648 g/mol. The summed E-state index contributed by atoms with van der Waals surface area (Å²) in [6.07, 6.45) is -8.35. The lowest BCUT2D eigenvalue weighted by molar-refractivity contribution is -0.285. The normalized spacial score (nSPS) is 26.5. The lowest BCUT2D eigenvalue weighted by atomic mass is 9.77. The number of ether oxygens (including phenoxy) is 2. The minimum absolute atomic E-state index is 0.203. The van der Waals surface area contributed by atoms with Crippen LogP contribution in [0.3, 0.4) is 0 Å². The Labute approximate surface area is 269 Å². The van der Waals surface area contributed by atoms with Crippen molar-refractivity contribution in [2.24, 2.45) is 5.92 Å². The second-order valence-electron chi connectivity index (χ2n) is 11.8. The Bertz CT molecular complexity index is 1670. The van der Waals surface area contributed by atoms with Crippen LogP contribution in [0.1, 0.15) is 36.1 Å². The number of carbonyl (C=O) groups is 1. The van der Waals surface area contributed by atoms with Crippen molar-refractivity contribution in [3.05, 3.63) is 120 Å². The van der Waals surface area contributed by atoms with Crippen LogP contribution in [0.5, 0.6) is 5.75 Å². The third-order valence-corrected chi connectivity index (χ3v) is 8.85. The number of aliphatic hydroxyl groups excluding tert-OH is 5. The van der Waals surface area contributed by atoms with Gasteiger partial charge in [0.15, 0.2) is 6.29 Å². The van der Waals surface area contributed by atoms with E-state index in [0.717, 1.165) is 11.1 Å². The van der Waals surface area contributed by atoms with Crippen molar-refractivity contribution >= 4 is 11.6 Å². The predicted molar refractivity (Wildman–Crippen MR) is 167 cm³/mol. The van der Waals surface area contributed by atoms with Gasteiger partial charge in [-0.15, -0.1) is 0 Å². The van der Waals surface area contributed by atoms with Gasteiger partial charge in [0, 0.05) is 11.3 Å². The summed E-state index contributed by atoms with van der Waals surface area (Å²) in [6.45, 7) is -0.321. The second-order valence-corrected chi connectivity index (χ2v) is 11.8. The van der Waals surface area contributed by atoms with Gasteiger partial charge in [-0.05, 0) is 72.0 Å². The van der Waals surface area contributed by atoms with E-state index in [-0.39, 0.29) is 25.4 Å². The number of amides is 1. The molecule has 2 saturated heterocycles. The summed E-state index contributed by atoms with van der Waals surface area (Å²) in [5, 5.41) is 51.6. The van der Waals surface area contributed by atoms with Gasteiger partial charge in [0.1, 0.15) is 48.4 Å². The van der Waals surface area contributed by atoms with E-state index in [1.807, 2.05) is 42.5 Å². The minimum atomic E-state index is -1.74. The van der Waals surface area contributed by atoms with Crippen molar-refractivity contribution in [2.75, 3.05) is 11.5 Å². The lowest BCUT2D eigenvalue weighted by Crippen LogP contribution is -2.59. The van der Waals surface area contributed by atoms with Crippen molar-refractivity contribution < 1.29 is 48.6 Å². The van der Waals surface area contributed by atoms with E-state index < -0.39 is 60.4 Å². The molecule has 1 amide bonds. The molecule has 0 bridgehead atoms. The maximum atomic E-state index is 13.9. The zero-order chi connectivity index (χ0) is 33.2. The standard InChI is InChI=1S/C36H35F2NO8/c37-23-9-6-21(7-10-23)28(40)17-16-27-31(39(35(27)44)25-13-11-24(38)12-14-25)26-15-8-22(20-4-2-1-3-5-20)18-29(26)46-19-30-32(41)33(42)34(43)36(45)47-30/h1-15,18,27-28,30-34,36,40-43,45H,16-17,19H2/t27-,28+,30-,31-,32-,33+,34-,36?/m1/s1. The molecule has 1 unspecified atom stereocenters. The fourth-order valence-electron chi connectivity index (χ4n) is 6.22. The van der Waals surface area contributed by atoms with E-state index in [2.05, 4.69) is 0 Å². The number of halogens is 2. The lowest BCUT2D eigenvalue weighted by Gasteiger charge is -2.48. The number of β-lactam (4-membered cyclic amide) rings is 1. The van der Waals surface area contributed by atoms with Gasteiger partial charge in [0.05, 0.1) is 18.1 Å². The molecular weight excluding hydrogens is 612 g/mol. The fourth-order valence-corrected chi connectivity index (χ4v) is 6.22. The first kappa shape index (κ1) is 32.7. The molecule has 0 radical (unpaired) electrons. The first-order valence-electron chi connectivity index (χ1n) is 15.3. The molecule has 9 nitrogen and oxygen atoms in total. The summed E-state index contributed by atoms with van der Waals surface area (Å²) in [4.78, 5) is 15.2. The quantitative estimate of drug-likeness (QED) is 0.163. The third-order valence-electron chi connectivity index (χ3n) is 8.85. The molecule has 246 valence electrons. The van der Waals surface area contributed by atoms with Crippen LogP contribution in [0, 0.1) is 17.6 Å². The summed E-state index contributed by atoms with van der Waals surface area (Å²) in [5.74, 6) is -1.42. The van der Waals surface area contributed by atoms with Gasteiger partial charge in [-0.3, -0.25) is 4.79 Å². The van der Waals surface area contributed by atoms with E-state index in [1.165, 1.54) is 53.4 Å². The molecule has 0 aromatic heterocycles. The Hall–Kier alpha value is -4.23. The molecular formula is C36H35F2NO8. The Morgan fingerprint density at radius 1 is 0.787 bits per heavy atom. The zero-order valence-electron chi connectivity index (χ0n) is 25.1. The Kier molecular flexibility index (Phi) is 9.65. The van der Waals surface area contributed by atoms with Crippen LogP contribution in [0.4, 0.5) is 14.5 Å². The number of rotatable bonds is 10. The van der Waals surface area contributed by atoms with Gasteiger partial charge in [-0.1, -0.05) is 54.6 Å². The molecule has 0 spiro atoms. The van der Waals surface area contributed by atoms with Crippen molar-refractivity contribution in [3.63, 3.8) is 0 Å². The monoisotopic (exact) mass is 647 g/mol. The number of aliphatic hydroxyl groups is 5. The van der Waals surface area contributed by atoms with E-state index in [4.69, 9.17) is 9.47 Å². The summed E-state index contributed by atoms with van der Waals surface area (Å²) >= 11 is 0. The summed E-state index contributed by atoms with van der Waals surface area (Å²) < 4.78 is 38.9. The molecule has 8 atom stereocenters. The van der Waals surface area contributed by atoms with Crippen LogP contribution in [-0.2, 0) is 9.53 Å². The topological polar surface area (TPSA) is 140 Å². The number of nitrogens with zero attached hydrogens (tertiary/aromatic N) is 1. The predicted octanol–water partition coefficient (Wildman–Crippen LogP) is 4.03. The summed E-state index contributed by atoms with van der Waals surface area (Å²) in [7, 11) is 0. The molecule has 4 aromatic carbocycles. The highest BCUT2D eigenvalue weighted by molar-refractivity contribution is 6.03. The third kappa shape index (κ3) is 6.77. The smallest absolute Gasteiger partial charge is 0.233 e. The number of benzene rings is 4. The summed E-state index contributed by atoms with van der Waals surface area (Å²) in [5.41, 5.74) is 3.22. The summed E-state index contributed by atoms with van der Waals surface area (Å²) in [6, 6.07) is 25.4. The highest BCUT2D eigenvalue weighted by atomic mass is 19.1. The van der Waals surface area contributed by atoms with Gasteiger partial charge < -0.3 is 39.9 Å². The van der Waals surface area contributed by atoms with Crippen molar-refractivity contribution in [1.82, 2.24) is 0 Å². The Balaban J connectivity index is 1.34. The van der Waals surface area contributed by atoms with Gasteiger partial charge in [0.2, 0.25) is 5.91 Å². The molecule has 5 N–H and O–H groups in total. The van der Waals surface area contributed by atoms with E-state index in [0.29, 0.717) is 22.6 Å². The van der Waals surface area contributed by atoms with Crippen LogP contribution in [0.15, 0.2) is 97.1 Å². The average Bonchev–Trinajstić information content (AvgIpc) is 3.08. The van der Waals surface area contributed by atoms with Gasteiger partial charge in [-0.25, -0.2) is 8.78 Å². The maximum Gasteiger partial charge on any atom is 0.233 e. The molecule has 47 heavy (non-hydrogen) atoms. The fraction of sp³-hybridized carbons (Fsp3) is 0.306. The van der Waals surface area contributed by atoms with E-state index in [1.54, 1.807) is 6.07 Å². The number of hydrogen-bond donors (Lipinski definition) is 5. The Morgan fingerprint density at radius 2 is 1.45 bits per heavy atom. The molecule has 2 fully saturated rings. The highest BCUT2D eigenvalue weighted by Gasteiger charge is 2.50. The van der Waals surface area contributed by atoms with Gasteiger partial charge in [0.25, 0.3) is 0 Å². The number of carbonyl (C=O) groups excluding carboxylic acids is 1. The van der Waals surface area contributed by atoms with E-state index in [9.17, 15) is 39.1 Å². The second kappa shape index (κ2) is 13.9. The zero-order valence-corrected chi connectivity index (χ0v) is 25.1. The van der Waals surface area contributed by atoms with E-state index >= 15 is 0 Å². The SMILES string of the molecule is O=C1[C@H](CC[C@H](O)c2ccc(F)cc2)[C@@H](c2ccc(-c3ccccc3)cc2OC[C@H]2OC(O)[C@H](O)[C@@H](O)[C@@H]2O)N1c1ccc(F)cc1. The molecule has 2 aliphatic heterocycles. The number of anilines is 1. The molecule has 2 heterocycles. The molecule has 11 heteroatoms. The molecule has 2 aliphatic rings. The van der Waals surface area contributed by atoms with Gasteiger partial charge in [-0.2, -0.15) is 0 Å². The first-order valence-corrected chi connectivity index (χ1v) is 15.3.